The number of aromatic amines is 1. The van der Waals surface area contributed by atoms with Gasteiger partial charge in [-0.15, -0.1) is 0 Å². The maximum atomic E-state index is 12.2. The number of nitrogens with zero attached hydrogens (tertiary/aromatic N) is 1. The van der Waals surface area contributed by atoms with Gasteiger partial charge in [0.2, 0.25) is 0 Å². The number of carbonyl (C=O) groups excluding carboxylic acids is 1. The highest BCUT2D eigenvalue weighted by atomic mass is 16.7. The zero-order chi connectivity index (χ0) is 17.2. The van der Waals surface area contributed by atoms with Crippen molar-refractivity contribution in [1.29, 1.82) is 0 Å². The number of H-pyrrole nitrogens is 1. The normalized spacial score (nSPS) is 15.2. The molecule has 0 aliphatic heterocycles. The highest BCUT2D eigenvalue weighted by Crippen LogP contribution is 2.29. The number of para-hydroxylation sites is 1. The molecule has 1 aliphatic carbocycles. The van der Waals surface area contributed by atoms with Crippen LogP contribution in [0, 0.1) is 0 Å². The summed E-state index contributed by atoms with van der Waals surface area (Å²) >= 11 is 0. The van der Waals surface area contributed by atoms with E-state index in [9.17, 15) is 4.79 Å². The number of aryl methyl sites for hydroxylation is 1. The second-order valence-electron chi connectivity index (χ2n) is 6.02. The van der Waals surface area contributed by atoms with Crippen molar-refractivity contribution in [2.75, 3.05) is 7.11 Å². The fraction of sp³-hybridized carbons (Fsp3) is 0.200. The SMILES string of the molecule is COc1ccc(C(=O)O/N=C2/CCCc3c2[nH]c2ccccc32)cc1. The van der Waals surface area contributed by atoms with E-state index in [0.29, 0.717) is 11.3 Å². The zero-order valence-corrected chi connectivity index (χ0v) is 13.9. The minimum absolute atomic E-state index is 0.442. The number of aromatic nitrogens is 1. The predicted molar refractivity (Wildman–Crippen MR) is 96.2 cm³/mol. The van der Waals surface area contributed by atoms with Crippen molar-refractivity contribution in [3.05, 3.63) is 65.4 Å². The first-order valence-corrected chi connectivity index (χ1v) is 8.28. The maximum Gasteiger partial charge on any atom is 0.365 e. The number of ether oxygens (including phenoxy) is 1. The largest absolute Gasteiger partial charge is 0.497 e. The maximum absolute atomic E-state index is 12.2. The summed E-state index contributed by atoms with van der Waals surface area (Å²) in [6.45, 7) is 0. The van der Waals surface area contributed by atoms with E-state index >= 15 is 0 Å². The summed E-state index contributed by atoms with van der Waals surface area (Å²) in [6.07, 6.45) is 2.79. The van der Waals surface area contributed by atoms with Gasteiger partial charge in [-0.1, -0.05) is 23.4 Å². The topological polar surface area (TPSA) is 63.7 Å². The van der Waals surface area contributed by atoms with Crippen molar-refractivity contribution in [3.63, 3.8) is 0 Å². The van der Waals surface area contributed by atoms with Crippen LogP contribution in [0.25, 0.3) is 10.9 Å². The summed E-state index contributed by atoms with van der Waals surface area (Å²) in [6, 6.07) is 15.0. The van der Waals surface area contributed by atoms with Crippen LogP contribution >= 0.6 is 0 Å². The van der Waals surface area contributed by atoms with Crippen molar-refractivity contribution in [1.82, 2.24) is 4.98 Å². The Hall–Kier alpha value is -3.08. The number of hydrogen-bond donors (Lipinski definition) is 1. The molecular weight excluding hydrogens is 316 g/mol. The molecule has 0 spiro atoms. The smallest absolute Gasteiger partial charge is 0.365 e. The third kappa shape index (κ3) is 2.89. The molecule has 3 aromatic rings. The molecule has 1 aliphatic rings. The van der Waals surface area contributed by atoms with E-state index in [1.54, 1.807) is 31.4 Å². The lowest BCUT2D eigenvalue weighted by molar-refractivity contribution is 0.0515. The van der Waals surface area contributed by atoms with Gasteiger partial charge in [-0.3, -0.25) is 0 Å². The second-order valence-corrected chi connectivity index (χ2v) is 6.02. The summed E-state index contributed by atoms with van der Waals surface area (Å²) < 4.78 is 5.09. The monoisotopic (exact) mass is 334 g/mol. The van der Waals surface area contributed by atoms with Gasteiger partial charge in [0.15, 0.2) is 0 Å². The first kappa shape index (κ1) is 15.4. The van der Waals surface area contributed by atoms with E-state index in [1.165, 1.54) is 10.9 Å². The van der Waals surface area contributed by atoms with Gasteiger partial charge in [0.1, 0.15) is 11.5 Å². The van der Waals surface area contributed by atoms with Crippen LogP contribution in [0.5, 0.6) is 5.75 Å². The molecule has 0 saturated carbocycles. The molecule has 4 rings (SSSR count). The third-order valence-electron chi connectivity index (χ3n) is 4.51. The Kier molecular flexibility index (Phi) is 3.98. The van der Waals surface area contributed by atoms with E-state index in [2.05, 4.69) is 22.3 Å². The molecule has 2 aromatic carbocycles. The Labute approximate surface area is 145 Å². The Morgan fingerprint density at radius 1 is 1.08 bits per heavy atom. The van der Waals surface area contributed by atoms with Gasteiger partial charge in [0.25, 0.3) is 0 Å². The summed E-state index contributed by atoms with van der Waals surface area (Å²) in [7, 11) is 1.58. The Bertz CT molecular complexity index is 955. The molecule has 1 N–H and O–H groups in total. The van der Waals surface area contributed by atoms with E-state index in [0.717, 1.165) is 36.2 Å². The fourth-order valence-corrected chi connectivity index (χ4v) is 3.23. The number of carbonyl (C=O) groups is 1. The van der Waals surface area contributed by atoms with E-state index in [4.69, 9.17) is 9.57 Å². The molecule has 0 fully saturated rings. The van der Waals surface area contributed by atoms with Crippen LogP contribution in [0.15, 0.2) is 53.7 Å². The first-order chi connectivity index (χ1) is 12.3. The number of rotatable bonds is 3. The molecule has 126 valence electrons. The minimum Gasteiger partial charge on any atom is -0.497 e. The lowest BCUT2D eigenvalue weighted by Gasteiger charge is -2.13. The molecule has 0 radical (unpaired) electrons. The zero-order valence-electron chi connectivity index (χ0n) is 13.9. The van der Waals surface area contributed by atoms with Crippen LogP contribution in [0.3, 0.4) is 0 Å². The van der Waals surface area contributed by atoms with Gasteiger partial charge in [0.05, 0.1) is 18.4 Å². The van der Waals surface area contributed by atoms with Crippen molar-refractivity contribution >= 4 is 22.6 Å². The van der Waals surface area contributed by atoms with Crippen LogP contribution in [-0.2, 0) is 11.3 Å². The van der Waals surface area contributed by atoms with Crippen molar-refractivity contribution in [3.8, 4) is 5.75 Å². The molecule has 0 saturated heterocycles. The van der Waals surface area contributed by atoms with Crippen molar-refractivity contribution in [2.24, 2.45) is 5.16 Å². The number of fused-ring (bicyclic) bond motifs is 3. The number of oxime groups is 1. The Morgan fingerprint density at radius 2 is 1.88 bits per heavy atom. The van der Waals surface area contributed by atoms with Gasteiger partial charge in [-0.25, -0.2) is 4.79 Å². The molecular formula is C20H18N2O3. The average Bonchev–Trinajstić information content (AvgIpc) is 3.05. The number of hydrogen-bond acceptors (Lipinski definition) is 4. The highest BCUT2D eigenvalue weighted by Gasteiger charge is 2.21. The number of methoxy groups -OCH3 is 1. The summed E-state index contributed by atoms with van der Waals surface area (Å²) in [5, 5.41) is 5.36. The molecule has 5 heteroatoms. The number of nitrogens with one attached hydrogen (secondary N) is 1. The lowest BCUT2D eigenvalue weighted by Crippen LogP contribution is -2.13. The average molecular weight is 334 g/mol. The summed E-state index contributed by atoms with van der Waals surface area (Å²) in [5.74, 6) is 0.219. The van der Waals surface area contributed by atoms with Crippen LogP contribution in [0.1, 0.15) is 34.5 Å². The van der Waals surface area contributed by atoms with Crippen molar-refractivity contribution in [2.45, 2.75) is 19.3 Å². The molecule has 0 unspecified atom stereocenters. The first-order valence-electron chi connectivity index (χ1n) is 8.28. The fourth-order valence-electron chi connectivity index (χ4n) is 3.23. The van der Waals surface area contributed by atoms with Gasteiger partial charge in [-0.2, -0.15) is 0 Å². The number of benzene rings is 2. The highest BCUT2D eigenvalue weighted by molar-refractivity contribution is 6.06. The van der Waals surface area contributed by atoms with Crippen LogP contribution in [-0.4, -0.2) is 23.8 Å². The van der Waals surface area contributed by atoms with Crippen molar-refractivity contribution < 1.29 is 14.4 Å². The van der Waals surface area contributed by atoms with Crippen LogP contribution < -0.4 is 4.74 Å². The second kappa shape index (κ2) is 6.43. The van der Waals surface area contributed by atoms with Crippen LogP contribution in [0.4, 0.5) is 0 Å². The predicted octanol–water partition coefficient (Wildman–Crippen LogP) is 4.07. The molecule has 5 nitrogen and oxygen atoms in total. The molecule has 1 aromatic heterocycles. The van der Waals surface area contributed by atoms with E-state index < -0.39 is 5.97 Å². The summed E-state index contributed by atoms with van der Waals surface area (Å²) in [4.78, 5) is 20.8. The molecule has 0 atom stereocenters. The van der Waals surface area contributed by atoms with Gasteiger partial charge >= 0.3 is 5.97 Å². The van der Waals surface area contributed by atoms with Gasteiger partial charge in [0, 0.05) is 10.9 Å². The lowest BCUT2D eigenvalue weighted by atomic mass is 9.94. The Balaban J connectivity index is 1.59. The standard InChI is InChI=1S/C20H18N2O3/c1-24-14-11-9-13(10-12-14)20(23)25-22-18-8-4-6-16-15-5-2-3-7-17(15)21-19(16)18/h2-3,5,7,9-12,21H,4,6,8H2,1H3/b22-18-. The molecule has 25 heavy (non-hydrogen) atoms. The quantitative estimate of drug-likeness (QED) is 0.580. The van der Waals surface area contributed by atoms with Crippen LogP contribution in [0.2, 0.25) is 0 Å². The minimum atomic E-state index is -0.474. The molecule has 0 amide bonds. The molecule has 0 bridgehead atoms. The van der Waals surface area contributed by atoms with E-state index in [-0.39, 0.29) is 0 Å². The Morgan fingerprint density at radius 3 is 2.68 bits per heavy atom. The third-order valence-corrected chi connectivity index (χ3v) is 4.51. The summed E-state index contributed by atoms with van der Waals surface area (Å²) in [5.41, 5.74) is 4.55. The van der Waals surface area contributed by atoms with Gasteiger partial charge in [-0.05, 0) is 55.2 Å². The molecule has 1 heterocycles. The van der Waals surface area contributed by atoms with E-state index in [1.807, 2.05) is 12.1 Å². The van der Waals surface area contributed by atoms with Gasteiger partial charge < -0.3 is 14.6 Å².